The highest BCUT2D eigenvalue weighted by Gasteiger charge is 2.40. The predicted octanol–water partition coefficient (Wildman–Crippen LogP) is 4.57. The Morgan fingerprint density at radius 2 is 1.86 bits per heavy atom. The van der Waals surface area contributed by atoms with Gasteiger partial charge in [0.2, 0.25) is 0 Å². The molecule has 1 aliphatic carbocycles. The number of hydrogen-bond acceptors (Lipinski definition) is 2. The van der Waals surface area contributed by atoms with Crippen molar-refractivity contribution in [2.45, 2.75) is 52.1 Å². The number of halogens is 1. The highest BCUT2D eigenvalue weighted by atomic mass is 35.5. The van der Waals surface area contributed by atoms with Gasteiger partial charge in [-0.25, -0.2) is 0 Å². The minimum absolute atomic E-state index is 0.592. The molecule has 2 unspecified atom stereocenters. The third kappa shape index (κ3) is 3.22. The van der Waals surface area contributed by atoms with Crippen LogP contribution in [-0.4, -0.2) is 30.1 Å². The topological polar surface area (TPSA) is 15.3 Å². The summed E-state index contributed by atoms with van der Waals surface area (Å²) in [5.41, 5.74) is 2.34. The summed E-state index contributed by atoms with van der Waals surface area (Å²) in [5, 5.41) is 4.64. The van der Waals surface area contributed by atoms with Crippen LogP contribution >= 0.6 is 11.6 Å². The summed E-state index contributed by atoms with van der Waals surface area (Å²) in [5.74, 6) is 1.52. The lowest BCUT2D eigenvalue weighted by atomic mass is 9.73. The predicted molar refractivity (Wildman–Crippen MR) is 91.1 cm³/mol. The van der Waals surface area contributed by atoms with Gasteiger partial charge in [-0.05, 0) is 63.1 Å². The molecule has 2 fully saturated rings. The highest BCUT2D eigenvalue weighted by molar-refractivity contribution is 6.33. The number of likely N-dealkylation sites (tertiary alicyclic amines) is 1. The highest BCUT2D eigenvalue weighted by Crippen LogP contribution is 2.38. The number of anilines is 1. The van der Waals surface area contributed by atoms with Gasteiger partial charge in [0, 0.05) is 25.2 Å². The van der Waals surface area contributed by atoms with Crippen molar-refractivity contribution < 1.29 is 0 Å². The summed E-state index contributed by atoms with van der Waals surface area (Å²) in [6.07, 6.45) is 4.09. The molecule has 2 aliphatic rings. The Morgan fingerprint density at radius 3 is 2.43 bits per heavy atom. The van der Waals surface area contributed by atoms with Gasteiger partial charge < -0.3 is 10.2 Å². The second-order valence-electron chi connectivity index (χ2n) is 7.15. The van der Waals surface area contributed by atoms with Crippen LogP contribution in [0.4, 0.5) is 5.69 Å². The van der Waals surface area contributed by atoms with E-state index < -0.39 is 0 Å². The molecule has 1 aliphatic heterocycles. The molecule has 1 saturated heterocycles. The second kappa shape index (κ2) is 6.18. The van der Waals surface area contributed by atoms with Crippen molar-refractivity contribution in [3.63, 3.8) is 0 Å². The van der Waals surface area contributed by atoms with Crippen molar-refractivity contribution in [3.8, 4) is 0 Å². The fourth-order valence-corrected chi connectivity index (χ4v) is 4.34. The standard InChI is InChI=1S/C18H27ClN2/c1-12(2)21-10-14-5-4-6-15(11-21)18(14)20-17-8-7-13(3)9-16(17)19/h7-9,12,14-15,18,20H,4-6,10-11H2,1-3H3. The number of nitrogens with one attached hydrogen (secondary N) is 1. The molecule has 0 aromatic heterocycles. The summed E-state index contributed by atoms with van der Waals surface area (Å²) in [4.78, 5) is 2.66. The Labute approximate surface area is 133 Å². The minimum atomic E-state index is 0.592. The third-order valence-electron chi connectivity index (χ3n) is 5.28. The first-order valence-corrected chi connectivity index (χ1v) is 8.69. The molecule has 2 atom stereocenters. The van der Waals surface area contributed by atoms with E-state index >= 15 is 0 Å². The van der Waals surface area contributed by atoms with E-state index in [-0.39, 0.29) is 0 Å². The Hall–Kier alpha value is -0.730. The zero-order valence-corrected chi connectivity index (χ0v) is 14.2. The van der Waals surface area contributed by atoms with Gasteiger partial charge in [-0.1, -0.05) is 24.1 Å². The van der Waals surface area contributed by atoms with Gasteiger partial charge in [-0.15, -0.1) is 0 Å². The normalized spacial score (nSPS) is 29.7. The first-order chi connectivity index (χ1) is 10.0. The van der Waals surface area contributed by atoms with Gasteiger partial charge in [0.15, 0.2) is 0 Å². The van der Waals surface area contributed by atoms with Crippen LogP contribution in [0.1, 0.15) is 38.7 Å². The van der Waals surface area contributed by atoms with Crippen LogP contribution in [0.25, 0.3) is 0 Å². The molecular formula is C18H27ClN2. The van der Waals surface area contributed by atoms with E-state index in [4.69, 9.17) is 11.6 Å². The molecule has 1 aromatic rings. The molecule has 1 saturated carbocycles. The van der Waals surface area contributed by atoms with E-state index in [2.05, 4.69) is 49.2 Å². The lowest BCUT2D eigenvalue weighted by Crippen LogP contribution is -2.56. The van der Waals surface area contributed by atoms with Crippen molar-refractivity contribution in [1.29, 1.82) is 0 Å². The number of fused-ring (bicyclic) bond motifs is 2. The summed E-state index contributed by atoms with van der Waals surface area (Å²) in [7, 11) is 0. The zero-order chi connectivity index (χ0) is 15.0. The zero-order valence-electron chi connectivity index (χ0n) is 13.4. The number of nitrogens with zero attached hydrogens (tertiary/aromatic N) is 1. The number of hydrogen-bond donors (Lipinski definition) is 1. The van der Waals surface area contributed by atoms with Crippen molar-refractivity contribution in [1.82, 2.24) is 4.90 Å². The first-order valence-electron chi connectivity index (χ1n) is 8.31. The van der Waals surface area contributed by atoms with Crippen LogP contribution in [0.2, 0.25) is 5.02 Å². The monoisotopic (exact) mass is 306 g/mol. The van der Waals surface area contributed by atoms with Crippen LogP contribution in [0.15, 0.2) is 18.2 Å². The van der Waals surface area contributed by atoms with Crippen LogP contribution in [-0.2, 0) is 0 Å². The minimum Gasteiger partial charge on any atom is -0.380 e. The molecule has 3 rings (SSSR count). The summed E-state index contributed by atoms with van der Waals surface area (Å²) >= 11 is 6.41. The van der Waals surface area contributed by atoms with E-state index in [0.29, 0.717) is 12.1 Å². The molecular weight excluding hydrogens is 280 g/mol. The lowest BCUT2D eigenvalue weighted by Gasteiger charge is -2.49. The maximum Gasteiger partial charge on any atom is 0.0640 e. The largest absolute Gasteiger partial charge is 0.380 e. The van der Waals surface area contributed by atoms with Crippen molar-refractivity contribution in [3.05, 3.63) is 28.8 Å². The number of rotatable bonds is 3. The van der Waals surface area contributed by atoms with Gasteiger partial charge >= 0.3 is 0 Å². The average molecular weight is 307 g/mol. The molecule has 21 heavy (non-hydrogen) atoms. The Kier molecular flexibility index (Phi) is 4.46. The smallest absolute Gasteiger partial charge is 0.0640 e. The molecule has 2 bridgehead atoms. The van der Waals surface area contributed by atoms with Gasteiger partial charge in [-0.2, -0.15) is 0 Å². The van der Waals surface area contributed by atoms with Crippen molar-refractivity contribution in [2.24, 2.45) is 11.8 Å². The third-order valence-corrected chi connectivity index (χ3v) is 5.59. The lowest BCUT2D eigenvalue weighted by molar-refractivity contribution is 0.0518. The maximum atomic E-state index is 6.41. The Bertz CT molecular complexity index is 486. The molecule has 116 valence electrons. The second-order valence-corrected chi connectivity index (χ2v) is 7.56. The Balaban J connectivity index is 1.76. The quantitative estimate of drug-likeness (QED) is 0.880. The molecule has 0 amide bonds. The van der Waals surface area contributed by atoms with E-state index in [1.54, 1.807) is 0 Å². The van der Waals surface area contributed by atoms with Gasteiger partial charge in [0.1, 0.15) is 0 Å². The molecule has 0 spiro atoms. The molecule has 1 heterocycles. The molecule has 1 aromatic carbocycles. The first kappa shape index (κ1) is 15.2. The maximum absolute atomic E-state index is 6.41. The molecule has 3 heteroatoms. The van der Waals surface area contributed by atoms with E-state index in [9.17, 15) is 0 Å². The van der Waals surface area contributed by atoms with Crippen LogP contribution in [0.3, 0.4) is 0 Å². The average Bonchev–Trinajstić information content (AvgIpc) is 2.41. The molecule has 1 N–H and O–H groups in total. The fourth-order valence-electron chi connectivity index (χ4n) is 4.05. The van der Waals surface area contributed by atoms with Crippen LogP contribution in [0.5, 0.6) is 0 Å². The number of aryl methyl sites for hydroxylation is 1. The Morgan fingerprint density at radius 1 is 1.19 bits per heavy atom. The summed E-state index contributed by atoms with van der Waals surface area (Å²) in [6, 6.07) is 7.60. The molecule has 0 radical (unpaired) electrons. The summed E-state index contributed by atoms with van der Waals surface area (Å²) < 4.78 is 0. The van der Waals surface area contributed by atoms with E-state index in [1.165, 1.54) is 37.9 Å². The molecule has 2 nitrogen and oxygen atoms in total. The van der Waals surface area contributed by atoms with Gasteiger partial charge in [-0.3, -0.25) is 0 Å². The van der Waals surface area contributed by atoms with Crippen LogP contribution in [0, 0.1) is 18.8 Å². The van der Waals surface area contributed by atoms with Crippen molar-refractivity contribution in [2.75, 3.05) is 18.4 Å². The fraction of sp³-hybridized carbons (Fsp3) is 0.667. The van der Waals surface area contributed by atoms with E-state index in [0.717, 1.165) is 22.5 Å². The van der Waals surface area contributed by atoms with Crippen molar-refractivity contribution >= 4 is 17.3 Å². The summed E-state index contributed by atoms with van der Waals surface area (Å²) in [6.45, 7) is 9.19. The van der Waals surface area contributed by atoms with Gasteiger partial charge in [0.25, 0.3) is 0 Å². The number of benzene rings is 1. The SMILES string of the molecule is Cc1ccc(NC2C3CCCC2CN(C(C)C)C3)c(Cl)c1. The van der Waals surface area contributed by atoms with Crippen LogP contribution < -0.4 is 5.32 Å². The number of piperidine rings is 1. The van der Waals surface area contributed by atoms with E-state index in [1.807, 2.05) is 0 Å². The van der Waals surface area contributed by atoms with Gasteiger partial charge in [0.05, 0.1) is 10.7 Å².